The van der Waals surface area contributed by atoms with Crippen molar-refractivity contribution in [1.29, 1.82) is 0 Å². The maximum atomic E-state index is 14.7. The highest BCUT2D eigenvalue weighted by Crippen LogP contribution is 2.49. The summed E-state index contributed by atoms with van der Waals surface area (Å²) >= 11 is 0. The molecule has 1 aromatic heterocycles. The smallest absolute Gasteiger partial charge is 0.361 e. The standard InChI is InChI=1S/C21H19F4NO2S/c1-29(27,28)11-13-3-2-4-15-17(10-26-20(13)15)19(12-5-6-12)16-8-7-14(9-18(16)22)21(23,24)25/h2-4,7-10,12,19,26H,5-6,11H2,1H3. The van der Waals surface area contributed by atoms with Crippen molar-refractivity contribution < 1.29 is 26.0 Å². The fourth-order valence-electron chi connectivity index (χ4n) is 3.96. The number of aromatic amines is 1. The molecule has 0 spiro atoms. The number of hydrogen-bond acceptors (Lipinski definition) is 2. The number of hydrogen-bond donors (Lipinski definition) is 1. The first kappa shape index (κ1) is 19.9. The molecule has 0 radical (unpaired) electrons. The van der Waals surface area contributed by atoms with Crippen LogP contribution in [0.2, 0.25) is 0 Å². The van der Waals surface area contributed by atoms with E-state index in [2.05, 4.69) is 4.98 Å². The van der Waals surface area contributed by atoms with Crippen LogP contribution in [0.5, 0.6) is 0 Å². The molecule has 3 aromatic rings. The average Bonchev–Trinajstić information content (AvgIpc) is 3.34. The van der Waals surface area contributed by atoms with Crippen LogP contribution in [0.15, 0.2) is 42.6 Å². The number of rotatable bonds is 5. The van der Waals surface area contributed by atoms with E-state index in [0.29, 0.717) is 17.1 Å². The molecular weight excluding hydrogens is 406 g/mol. The van der Waals surface area contributed by atoms with Gasteiger partial charge in [0.2, 0.25) is 0 Å². The fourth-order valence-corrected chi connectivity index (χ4v) is 4.77. The largest absolute Gasteiger partial charge is 0.416 e. The van der Waals surface area contributed by atoms with E-state index in [1.807, 2.05) is 6.07 Å². The minimum Gasteiger partial charge on any atom is -0.361 e. The van der Waals surface area contributed by atoms with Crippen LogP contribution in [0, 0.1) is 11.7 Å². The predicted molar refractivity (Wildman–Crippen MR) is 103 cm³/mol. The molecular formula is C21H19F4NO2S. The second-order valence-electron chi connectivity index (χ2n) is 7.70. The Morgan fingerprint density at radius 3 is 2.45 bits per heavy atom. The molecule has 8 heteroatoms. The van der Waals surface area contributed by atoms with Gasteiger partial charge in [0.25, 0.3) is 0 Å². The summed E-state index contributed by atoms with van der Waals surface area (Å²) in [6, 6.07) is 7.97. The van der Waals surface area contributed by atoms with Gasteiger partial charge in [-0.25, -0.2) is 12.8 Å². The van der Waals surface area contributed by atoms with E-state index in [1.165, 1.54) is 6.07 Å². The maximum absolute atomic E-state index is 14.7. The zero-order valence-electron chi connectivity index (χ0n) is 15.6. The molecule has 1 N–H and O–H groups in total. The van der Waals surface area contributed by atoms with Crippen molar-refractivity contribution in [3.63, 3.8) is 0 Å². The number of aromatic nitrogens is 1. The Morgan fingerprint density at radius 1 is 1.14 bits per heavy atom. The number of fused-ring (bicyclic) bond motifs is 1. The predicted octanol–water partition coefficient (Wildman–Crippen LogP) is 5.41. The zero-order valence-corrected chi connectivity index (χ0v) is 16.4. The molecule has 2 aromatic carbocycles. The van der Waals surface area contributed by atoms with Crippen LogP contribution < -0.4 is 0 Å². The molecule has 1 heterocycles. The van der Waals surface area contributed by atoms with Gasteiger partial charge in [0, 0.05) is 29.3 Å². The normalized spacial score (nSPS) is 16.3. The number of halogens is 4. The van der Waals surface area contributed by atoms with Crippen molar-refractivity contribution in [2.75, 3.05) is 6.26 Å². The Hall–Kier alpha value is -2.35. The van der Waals surface area contributed by atoms with Gasteiger partial charge in [-0.2, -0.15) is 13.2 Å². The van der Waals surface area contributed by atoms with Crippen molar-refractivity contribution in [2.45, 2.75) is 30.7 Å². The van der Waals surface area contributed by atoms with Gasteiger partial charge in [-0.1, -0.05) is 24.3 Å². The van der Waals surface area contributed by atoms with E-state index in [4.69, 9.17) is 0 Å². The van der Waals surface area contributed by atoms with Gasteiger partial charge in [0.15, 0.2) is 9.84 Å². The number of sulfone groups is 1. The Kier molecular flexibility index (Phi) is 4.72. The summed E-state index contributed by atoms with van der Waals surface area (Å²) in [6.45, 7) is 0. The van der Waals surface area contributed by atoms with Gasteiger partial charge in [-0.3, -0.25) is 0 Å². The number of H-pyrrole nitrogens is 1. The first-order valence-corrected chi connectivity index (χ1v) is 11.2. The first-order valence-electron chi connectivity index (χ1n) is 9.18. The summed E-state index contributed by atoms with van der Waals surface area (Å²) in [5.74, 6) is -1.26. The summed E-state index contributed by atoms with van der Waals surface area (Å²) in [7, 11) is -3.25. The third-order valence-corrected chi connectivity index (χ3v) is 6.18. The molecule has 154 valence electrons. The zero-order chi connectivity index (χ0) is 21.0. The first-order chi connectivity index (χ1) is 13.5. The summed E-state index contributed by atoms with van der Waals surface area (Å²) in [6.07, 6.45) is -0.00571. The third-order valence-electron chi connectivity index (χ3n) is 5.34. The molecule has 4 rings (SSSR count). The number of alkyl halides is 3. The van der Waals surface area contributed by atoms with E-state index < -0.39 is 27.4 Å². The molecule has 0 amide bonds. The quantitative estimate of drug-likeness (QED) is 0.556. The molecule has 1 fully saturated rings. The van der Waals surface area contributed by atoms with Crippen LogP contribution in [0.1, 0.15) is 41.0 Å². The Labute approximate surface area is 165 Å². The lowest BCUT2D eigenvalue weighted by atomic mass is 9.86. The van der Waals surface area contributed by atoms with Gasteiger partial charge in [0.05, 0.1) is 11.3 Å². The van der Waals surface area contributed by atoms with Crippen molar-refractivity contribution in [3.8, 4) is 0 Å². The molecule has 0 saturated heterocycles. The van der Waals surface area contributed by atoms with Gasteiger partial charge >= 0.3 is 6.18 Å². The summed E-state index contributed by atoms with van der Waals surface area (Å²) in [5, 5.41) is 0.766. The fraction of sp³-hybridized carbons (Fsp3) is 0.333. The van der Waals surface area contributed by atoms with Crippen molar-refractivity contribution in [3.05, 3.63) is 70.7 Å². The molecule has 1 saturated carbocycles. The molecule has 0 bridgehead atoms. The highest BCUT2D eigenvalue weighted by atomic mass is 32.2. The highest BCUT2D eigenvalue weighted by Gasteiger charge is 2.38. The van der Waals surface area contributed by atoms with E-state index in [0.717, 1.165) is 36.1 Å². The Balaban J connectivity index is 1.82. The molecule has 1 unspecified atom stereocenters. The van der Waals surface area contributed by atoms with Crippen LogP contribution in [-0.2, 0) is 21.8 Å². The van der Waals surface area contributed by atoms with Gasteiger partial charge in [-0.05, 0) is 47.6 Å². The Bertz CT molecular complexity index is 1180. The lowest BCUT2D eigenvalue weighted by molar-refractivity contribution is -0.137. The average molecular weight is 425 g/mol. The van der Waals surface area contributed by atoms with E-state index >= 15 is 0 Å². The number of benzene rings is 2. The van der Waals surface area contributed by atoms with E-state index in [9.17, 15) is 26.0 Å². The van der Waals surface area contributed by atoms with Crippen molar-refractivity contribution >= 4 is 20.7 Å². The van der Waals surface area contributed by atoms with Crippen LogP contribution in [0.3, 0.4) is 0 Å². The van der Waals surface area contributed by atoms with Gasteiger partial charge in [0.1, 0.15) is 5.82 Å². The minimum absolute atomic E-state index is 0.132. The number of nitrogens with one attached hydrogen (secondary N) is 1. The number of para-hydroxylation sites is 1. The highest BCUT2D eigenvalue weighted by molar-refractivity contribution is 7.89. The van der Waals surface area contributed by atoms with Gasteiger partial charge in [-0.15, -0.1) is 0 Å². The minimum atomic E-state index is -4.60. The SMILES string of the molecule is CS(=O)(=O)Cc1cccc2c(C(c3ccc(C(F)(F)F)cc3F)C3CC3)c[nH]c12. The lowest BCUT2D eigenvalue weighted by Gasteiger charge is -2.19. The van der Waals surface area contributed by atoms with E-state index in [-0.39, 0.29) is 23.2 Å². The second-order valence-corrected chi connectivity index (χ2v) is 9.84. The topological polar surface area (TPSA) is 49.9 Å². The van der Waals surface area contributed by atoms with Crippen molar-refractivity contribution in [2.24, 2.45) is 5.92 Å². The summed E-state index contributed by atoms with van der Waals surface area (Å²) in [4.78, 5) is 3.10. The monoisotopic (exact) mass is 425 g/mol. The third kappa shape index (κ3) is 4.03. The van der Waals surface area contributed by atoms with Crippen LogP contribution in [-0.4, -0.2) is 19.7 Å². The lowest BCUT2D eigenvalue weighted by Crippen LogP contribution is -2.10. The summed E-state index contributed by atoms with van der Waals surface area (Å²) in [5.41, 5.74) is 1.26. The molecule has 29 heavy (non-hydrogen) atoms. The molecule has 3 nitrogen and oxygen atoms in total. The van der Waals surface area contributed by atoms with Crippen LogP contribution in [0.4, 0.5) is 17.6 Å². The maximum Gasteiger partial charge on any atom is 0.416 e. The van der Waals surface area contributed by atoms with Crippen LogP contribution >= 0.6 is 0 Å². The van der Waals surface area contributed by atoms with E-state index in [1.54, 1.807) is 18.3 Å². The van der Waals surface area contributed by atoms with Gasteiger partial charge < -0.3 is 4.98 Å². The molecule has 0 aliphatic heterocycles. The molecule has 1 atom stereocenters. The Morgan fingerprint density at radius 2 is 1.86 bits per heavy atom. The molecule has 1 aliphatic carbocycles. The summed E-state index contributed by atoms with van der Waals surface area (Å²) < 4.78 is 76.9. The van der Waals surface area contributed by atoms with Crippen molar-refractivity contribution in [1.82, 2.24) is 4.98 Å². The van der Waals surface area contributed by atoms with Crippen LogP contribution in [0.25, 0.3) is 10.9 Å². The second kappa shape index (κ2) is 6.86. The molecule has 1 aliphatic rings.